The summed E-state index contributed by atoms with van der Waals surface area (Å²) in [6.07, 6.45) is -0.569. The van der Waals surface area contributed by atoms with E-state index in [0.29, 0.717) is 6.54 Å². The van der Waals surface area contributed by atoms with Crippen LogP contribution in [0.4, 0.5) is 0 Å². The van der Waals surface area contributed by atoms with E-state index in [4.69, 9.17) is 4.74 Å². The number of carbonyl (C=O) groups excluding carboxylic acids is 1. The molecule has 0 aromatic heterocycles. The number of aryl methyl sites for hydroxylation is 1. The Morgan fingerprint density at radius 1 is 1.10 bits per heavy atom. The van der Waals surface area contributed by atoms with Crippen LogP contribution in [0.1, 0.15) is 22.8 Å². The second kappa shape index (κ2) is 6.87. The van der Waals surface area contributed by atoms with Crippen molar-refractivity contribution in [3.05, 3.63) is 71.3 Å². The lowest BCUT2D eigenvalue weighted by Crippen LogP contribution is -2.30. The minimum atomic E-state index is -0.569. The van der Waals surface area contributed by atoms with Crippen molar-refractivity contribution in [1.82, 2.24) is 5.32 Å². The first-order valence-corrected chi connectivity index (χ1v) is 6.62. The highest BCUT2D eigenvalue weighted by atomic mass is 16.5. The molecule has 3 nitrogen and oxygen atoms in total. The van der Waals surface area contributed by atoms with E-state index in [9.17, 15) is 4.79 Å². The molecule has 1 atom stereocenters. The van der Waals surface area contributed by atoms with Crippen molar-refractivity contribution in [3.63, 3.8) is 0 Å². The number of amides is 1. The van der Waals surface area contributed by atoms with Gasteiger partial charge in [0.25, 0.3) is 5.91 Å². The van der Waals surface area contributed by atoms with E-state index in [1.165, 1.54) is 5.56 Å². The minimum Gasteiger partial charge on any atom is -0.367 e. The molecule has 0 aliphatic carbocycles. The molecule has 2 rings (SSSR count). The summed E-state index contributed by atoms with van der Waals surface area (Å²) in [6.45, 7) is 2.55. The molecule has 2 aromatic rings. The molecule has 1 N–H and O–H groups in total. The zero-order chi connectivity index (χ0) is 14.4. The molecule has 0 radical (unpaired) electrons. The van der Waals surface area contributed by atoms with Crippen molar-refractivity contribution >= 4 is 5.91 Å². The Kier molecular flexibility index (Phi) is 4.91. The number of methoxy groups -OCH3 is 1. The normalized spacial score (nSPS) is 11.9. The van der Waals surface area contributed by atoms with Crippen molar-refractivity contribution in [2.24, 2.45) is 0 Å². The van der Waals surface area contributed by atoms with Gasteiger partial charge in [-0.05, 0) is 23.6 Å². The number of benzene rings is 2. The standard InChI is InChI=1S/C17H19NO2/c1-13-8-6-7-11-15(13)12-18-17(19)16(20-2)14-9-4-3-5-10-14/h3-11,16H,12H2,1-2H3,(H,18,19)/t16-/m1/s1. The van der Waals surface area contributed by atoms with E-state index in [1.54, 1.807) is 7.11 Å². The summed E-state index contributed by atoms with van der Waals surface area (Å²) in [5.41, 5.74) is 3.14. The second-order valence-electron chi connectivity index (χ2n) is 4.67. The largest absolute Gasteiger partial charge is 0.367 e. The van der Waals surface area contributed by atoms with Crippen LogP contribution in [0.5, 0.6) is 0 Å². The molecule has 0 aliphatic rings. The quantitative estimate of drug-likeness (QED) is 0.906. The molecule has 0 aliphatic heterocycles. The number of carbonyl (C=O) groups is 1. The Hall–Kier alpha value is -2.13. The number of hydrogen-bond donors (Lipinski definition) is 1. The van der Waals surface area contributed by atoms with Gasteiger partial charge in [0.1, 0.15) is 0 Å². The SMILES string of the molecule is CO[C@@H](C(=O)NCc1ccccc1C)c1ccccc1. The molecule has 2 aromatic carbocycles. The number of nitrogens with one attached hydrogen (secondary N) is 1. The van der Waals surface area contributed by atoms with E-state index in [1.807, 2.05) is 61.5 Å². The lowest BCUT2D eigenvalue weighted by atomic mass is 10.1. The third kappa shape index (κ3) is 3.45. The smallest absolute Gasteiger partial charge is 0.254 e. The van der Waals surface area contributed by atoms with E-state index in [0.717, 1.165) is 11.1 Å². The van der Waals surface area contributed by atoms with Crippen molar-refractivity contribution in [3.8, 4) is 0 Å². The zero-order valence-electron chi connectivity index (χ0n) is 11.8. The van der Waals surface area contributed by atoms with Crippen LogP contribution in [0, 0.1) is 6.92 Å². The van der Waals surface area contributed by atoms with Crippen LogP contribution in [0.25, 0.3) is 0 Å². The molecule has 0 spiro atoms. The fourth-order valence-electron chi connectivity index (χ4n) is 2.11. The van der Waals surface area contributed by atoms with Crippen molar-refractivity contribution < 1.29 is 9.53 Å². The topological polar surface area (TPSA) is 38.3 Å². The Morgan fingerprint density at radius 2 is 1.75 bits per heavy atom. The Balaban J connectivity index is 2.02. The van der Waals surface area contributed by atoms with Crippen molar-refractivity contribution in [2.45, 2.75) is 19.6 Å². The van der Waals surface area contributed by atoms with Gasteiger partial charge < -0.3 is 10.1 Å². The van der Waals surface area contributed by atoms with Crippen molar-refractivity contribution in [2.75, 3.05) is 7.11 Å². The number of ether oxygens (including phenoxy) is 1. The molecule has 0 saturated carbocycles. The first-order chi connectivity index (χ1) is 9.72. The molecule has 0 bridgehead atoms. The molecular formula is C17H19NO2. The van der Waals surface area contributed by atoms with Gasteiger partial charge in [0.15, 0.2) is 6.10 Å². The summed E-state index contributed by atoms with van der Waals surface area (Å²) in [7, 11) is 1.55. The lowest BCUT2D eigenvalue weighted by Gasteiger charge is -2.16. The van der Waals surface area contributed by atoms with Gasteiger partial charge in [-0.2, -0.15) is 0 Å². The van der Waals surface area contributed by atoms with Gasteiger partial charge >= 0.3 is 0 Å². The summed E-state index contributed by atoms with van der Waals surface area (Å²) in [5.74, 6) is -0.123. The van der Waals surface area contributed by atoms with Crippen LogP contribution in [-0.4, -0.2) is 13.0 Å². The molecule has 0 unspecified atom stereocenters. The predicted octanol–water partition coefficient (Wildman–Crippen LogP) is 3.00. The van der Waals surface area contributed by atoms with Gasteiger partial charge in [-0.25, -0.2) is 0 Å². The highest BCUT2D eigenvalue weighted by molar-refractivity contribution is 5.82. The minimum absolute atomic E-state index is 0.123. The lowest BCUT2D eigenvalue weighted by molar-refractivity contribution is -0.131. The summed E-state index contributed by atoms with van der Waals surface area (Å²) in [4.78, 5) is 12.2. The van der Waals surface area contributed by atoms with Gasteiger partial charge in [0.05, 0.1) is 0 Å². The zero-order valence-corrected chi connectivity index (χ0v) is 11.8. The summed E-state index contributed by atoms with van der Waals surface area (Å²) in [6, 6.07) is 17.5. The van der Waals surface area contributed by atoms with Gasteiger partial charge in [-0.1, -0.05) is 54.6 Å². The van der Waals surface area contributed by atoms with E-state index >= 15 is 0 Å². The average Bonchev–Trinajstić information content (AvgIpc) is 2.48. The Labute approximate surface area is 119 Å². The Morgan fingerprint density at radius 3 is 2.40 bits per heavy atom. The predicted molar refractivity (Wildman–Crippen MR) is 79.2 cm³/mol. The highest BCUT2D eigenvalue weighted by Crippen LogP contribution is 2.16. The fourth-order valence-corrected chi connectivity index (χ4v) is 2.11. The monoisotopic (exact) mass is 269 g/mol. The third-order valence-electron chi connectivity index (χ3n) is 3.29. The van der Waals surface area contributed by atoms with Crippen LogP contribution < -0.4 is 5.32 Å². The fraction of sp³-hybridized carbons (Fsp3) is 0.235. The molecular weight excluding hydrogens is 250 g/mol. The molecule has 0 fully saturated rings. The van der Waals surface area contributed by atoms with E-state index in [2.05, 4.69) is 5.32 Å². The number of hydrogen-bond acceptors (Lipinski definition) is 2. The first kappa shape index (κ1) is 14.3. The third-order valence-corrected chi connectivity index (χ3v) is 3.29. The van der Waals surface area contributed by atoms with E-state index < -0.39 is 6.10 Å². The van der Waals surface area contributed by atoms with E-state index in [-0.39, 0.29) is 5.91 Å². The van der Waals surface area contributed by atoms with Crippen LogP contribution in [-0.2, 0) is 16.1 Å². The molecule has 1 amide bonds. The van der Waals surface area contributed by atoms with Gasteiger partial charge in [-0.3, -0.25) is 4.79 Å². The number of rotatable bonds is 5. The maximum Gasteiger partial charge on any atom is 0.254 e. The van der Waals surface area contributed by atoms with Crippen LogP contribution in [0.2, 0.25) is 0 Å². The molecule has 0 saturated heterocycles. The van der Waals surface area contributed by atoms with Crippen LogP contribution in [0.3, 0.4) is 0 Å². The van der Waals surface area contributed by atoms with Crippen LogP contribution in [0.15, 0.2) is 54.6 Å². The average molecular weight is 269 g/mol. The van der Waals surface area contributed by atoms with Crippen molar-refractivity contribution in [1.29, 1.82) is 0 Å². The van der Waals surface area contributed by atoms with Gasteiger partial charge in [-0.15, -0.1) is 0 Å². The second-order valence-corrected chi connectivity index (χ2v) is 4.67. The van der Waals surface area contributed by atoms with Gasteiger partial charge in [0.2, 0.25) is 0 Å². The molecule has 20 heavy (non-hydrogen) atoms. The highest BCUT2D eigenvalue weighted by Gasteiger charge is 2.19. The summed E-state index contributed by atoms with van der Waals surface area (Å²) < 4.78 is 5.30. The molecule has 3 heteroatoms. The summed E-state index contributed by atoms with van der Waals surface area (Å²) >= 11 is 0. The maximum atomic E-state index is 12.2. The summed E-state index contributed by atoms with van der Waals surface area (Å²) in [5, 5.41) is 2.93. The van der Waals surface area contributed by atoms with Crippen LogP contribution >= 0.6 is 0 Å². The Bertz CT molecular complexity index is 566. The maximum absolute atomic E-state index is 12.2. The molecule has 104 valence electrons. The first-order valence-electron chi connectivity index (χ1n) is 6.62. The molecule has 0 heterocycles. The van der Waals surface area contributed by atoms with Gasteiger partial charge in [0, 0.05) is 13.7 Å².